The number of carbonyl (C=O) groups is 1. The molecule has 30 heavy (non-hydrogen) atoms. The second kappa shape index (κ2) is 9.98. The van der Waals surface area contributed by atoms with Crippen molar-refractivity contribution in [3.8, 4) is 0 Å². The van der Waals surface area contributed by atoms with Gasteiger partial charge in [0.2, 0.25) is 5.91 Å². The first kappa shape index (κ1) is 21.4. The average molecular weight is 425 g/mol. The van der Waals surface area contributed by atoms with E-state index in [0.717, 1.165) is 49.5 Å². The van der Waals surface area contributed by atoms with Crippen LogP contribution in [0.3, 0.4) is 0 Å². The van der Waals surface area contributed by atoms with Crippen LogP contribution in [0.25, 0.3) is 0 Å². The highest BCUT2D eigenvalue weighted by Crippen LogP contribution is 2.27. The summed E-state index contributed by atoms with van der Waals surface area (Å²) in [6.07, 6.45) is 7.88. The van der Waals surface area contributed by atoms with E-state index in [1.165, 1.54) is 42.4 Å². The molecule has 4 rings (SSSR count). The van der Waals surface area contributed by atoms with Gasteiger partial charge >= 0.3 is 0 Å². The van der Waals surface area contributed by atoms with Crippen LogP contribution in [0.15, 0.2) is 42.5 Å². The number of piperidine rings is 1. The van der Waals surface area contributed by atoms with E-state index in [0.29, 0.717) is 0 Å². The third kappa shape index (κ3) is 5.07. The van der Waals surface area contributed by atoms with Crippen molar-refractivity contribution < 1.29 is 4.79 Å². The molecular weight excluding hydrogens is 392 g/mol. The van der Waals surface area contributed by atoms with Gasteiger partial charge in [-0.3, -0.25) is 9.69 Å². The Morgan fingerprint density at radius 2 is 1.93 bits per heavy atom. The Hall–Kier alpha value is -1.84. The monoisotopic (exact) mass is 424 g/mol. The molecule has 1 aliphatic heterocycles. The Balaban J connectivity index is 1.39. The minimum Gasteiger partial charge on any atom is -0.349 e. The summed E-state index contributed by atoms with van der Waals surface area (Å²) in [5.74, 6) is 0.247. The molecule has 1 fully saturated rings. The number of likely N-dealkylation sites (tertiary alicyclic amines) is 1. The van der Waals surface area contributed by atoms with Crippen LogP contribution in [0.1, 0.15) is 67.3 Å². The largest absolute Gasteiger partial charge is 0.349 e. The molecule has 2 atom stereocenters. The number of hydrogen-bond donors (Lipinski definition) is 1. The molecule has 2 aliphatic rings. The van der Waals surface area contributed by atoms with Crippen LogP contribution in [-0.2, 0) is 24.2 Å². The van der Waals surface area contributed by atoms with E-state index in [4.69, 9.17) is 11.6 Å². The summed E-state index contributed by atoms with van der Waals surface area (Å²) in [6.45, 7) is 4.80. The Bertz CT molecular complexity index is 881. The summed E-state index contributed by atoms with van der Waals surface area (Å²) >= 11 is 6.34. The highest BCUT2D eigenvalue weighted by Gasteiger charge is 2.27. The number of fused-ring (bicyclic) bond motifs is 1. The highest BCUT2D eigenvalue weighted by atomic mass is 35.5. The van der Waals surface area contributed by atoms with Gasteiger partial charge in [0.15, 0.2) is 0 Å². The second-order valence-corrected chi connectivity index (χ2v) is 9.28. The molecule has 4 heteroatoms. The lowest BCUT2D eigenvalue weighted by molar-refractivity contribution is -0.127. The fraction of sp³-hybridized carbons (Fsp3) is 0.500. The first-order chi connectivity index (χ1) is 14.6. The maximum Gasteiger partial charge on any atom is 0.224 e. The summed E-state index contributed by atoms with van der Waals surface area (Å²) in [5.41, 5.74) is 5.37. The Morgan fingerprint density at radius 1 is 1.13 bits per heavy atom. The second-order valence-electron chi connectivity index (χ2n) is 8.87. The molecule has 0 saturated carbocycles. The topological polar surface area (TPSA) is 32.3 Å². The number of amides is 1. The van der Waals surface area contributed by atoms with Crippen LogP contribution in [0.5, 0.6) is 0 Å². The molecule has 1 aliphatic carbocycles. The standard InChI is InChI=1S/C26H33ClN2O/c1-2-25(21-14-13-19-8-3-4-9-20(19)16-21)28-26(30)23-11-7-15-29(18-23)17-22-10-5-6-12-24(22)27/h5-6,10,12-14,16,23,25H,2-4,7-9,11,15,17-18H2,1H3,(H,28,30). The Morgan fingerprint density at radius 3 is 2.73 bits per heavy atom. The van der Waals surface area contributed by atoms with Crippen molar-refractivity contribution >= 4 is 17.5 Å². The number of nitrogens with zero attached hydrogens (tertiary/aromatic N) is 1. The molecule has 2 aromatic carbocycles. The maximum atomic E-state index is 13.1. The summed E-state index contributed by atoms with van der Waals surface area (Å²) in [6, 6.07) is 15.0. The minimum absolute atomic E-state index is 0.0490. The molecule has 0 spiro atoms. The fourth-order valence-corrected chi connectivity index (χ4v) is 5.16. The van der Waals surface area contributed by atoms with Crippen LogP contribution in [0, 0.1) is 5.92 Å². The summed E-state index contributed by atoms with van der Waals surface area (Å²) in [7, 11) is 0. The SMILES string of the molecule is CCC(NC(=O)C1CCCN(Cc2ccccc2Cl)C1)c1ccc2c(c1)CCCC2. The van der Waals surface area contributed by atoms with Crippen molar-refractivity contribution in [2.24, 2.45) is 5.92 Å². The van der Waals surface area contributed by atoms with Crippen LogP contribution in [0.2, 0.25) is 5.02 Å². The minimum atomic E-state index is 0.0490. The van der Waals surface area contributed by atoms with E-state index in [2.05, 4.69) is 41.4 Å². The van der Waals surface area contributed by atoms with Crippen molar-refractivity contribution in [3.63, 3.8) is 0 Å². The lowest BCUT2D eigenvalue weighted by Crippen LogP contribution is -2.43. The van der Waals surface area contributed by atoms with Gasteiger partial charge in [0.05, 0.1) is 12.0 Å². The third-order valence-corrected chi connectivity index (χ3v) is 7.10. The molecule has 1 N–H and O–H groups in total. The van der Waals surface area contributed by atoms with Crippen LogP contribution in [0.4, 0.5) is 0 Å². The van der Waals surface area contributed by atoms with Gasteiger partial charge in [-0.25, -0.2) is 0 Å². The number of aryl methyl sites for hydroxylation is 2. The predicted octanol–water partition coefficient (Wildman–Crippen LogP) is 5.70. The van der Waals surface area contributed by atoms with Crippen molar-refractivity contribution in [1.82, 2.24) is 10.2 Å². The number of hydrogen-bond acceptors (Lipinski definition) is 2. The normalized spacial score (nSPS) is 20.4. The Labute approximate surface area is 185 Å². The van der Waals surface area contributed by atoms with Crippen molar-refractivity contribution in [1.29, 1.82) is 0 Å². The van der Waals surface area contributed by atoms with Crippen LogP contribution in [-0.4, -0.2) is 23.9 Å². The van der Waals surface area contributed by atoms with Crippen LogP contribution >= 0.6 is 11.6 Å². The lowest BCUT2D eigenvalue weighted by Gasteiger charge is -2.33. The molecule has 0 radical (unpaired) electrons. The molecule has 2 unspecified atom stereocenters. The zero-order valence-corrected chi connectivity index (χ0v) is 18.8. The number of nitrogens with one attached hydrogen (secondary N) is 1. The molecule has 1 heterocycles. The molecule has 1 saturated heterocycles. The van der Waals surface area contributed by atoms with Gasteiger partial charge in [0, 0.05) is 18.1 Å². The third-order valence-electron chi connectivity index (χ3n) is 6.73. The van der Waals surface area contributed by atoms with Gasteiger partial charge in [-0.05, 0) is 79.8 Å². The molecule has 0 bridgehead atoms. The van der Waals surface area contributed by atoms with Gasteiger partial charge in [-0.15, -0.1) is 0 Å². The fourth-order valence-electron chi connectivity index (χ4n) is 4.96. The van der Waals surface area contributed by atoms with Gasteiger partial charge in [-0.2, -0.15) is 0 Å². The zero-order valence-electron chi connectivity index (χ0n) is 18.0. The molecular formula is C26H33ClN2O. The molecule has 0 aromatic heterocycles. The van der Waals surface area contributed by atoms with E-state index >= 15 is 0 Å². The van der Waals surface area contributed by atoms with Gasteiger partial charge < -0.3 is 5.32 Å². The zero-order chi connectivity index (χ0) is 20.9. The van der Waals surface area contributed by atoms with Crippen molar-refractivity contribution in [2.45, 2.75) is 64.5 Å². The van der Waals surface area contributed by atoms with Gasteiger partial charge in [0.25, 0.3) is 0 Å². The highest BCUT2D eigenvalue weighted by molar-refractivity contribution is 6.31. The quantitative estimate of drug-likeness (QED) is 0.645. The number of halogens is 1. The molecule has 2 aromatic rings. The predicted molar refractivity (Wildman–Crippen MR) is 124 cm³/mol. The van der Waals surface area contributed by atoms with E-state index in [1.54, 1.807) is 0 Å². The van der Waals surface area contributed by atoms with E-state index in [1.807, 2.05) is 18.2 Å². The maximum absolute atomic E-state index is 13.1. The first-order valence-electron chi connectivity index (χ1n) is 11.5. The summed E-state index contributed by atoms with van der Waals surface area (Å²) in [4.78, 5) is 15.5. The molecule has 1 amide bonds. The molecule has 3 nitrogen and oxygen atoms in total. The van der Waals surface area contributed by atoms with Gasteiger partial charge in [-0.1, -0.05) is 54.9 Å². The van der Waals surface area contributed by atoms with Crippen molar-refractivity contribution in [2.75, 3.05) is 13.1 Å². The summed E-state index contributed by atoms with van der Waals surface area (Å²) in [5, 5.41) is 4.17. The van der Waals surface area contributed by atoms with Crippen LogP contribution < -0.4 is 5.32 Å². The number of carbonyl (C=O) groups excluding carboxylic acids is 1. The van der Waals surface area contributed by atoms with E-state index < -0.39 is 0 Å². The summed E-state index contributed by atoms with van der Waals surface area (Å²) < 4.78 is 0. The molecule has 160 valence electrons. The van der Waals surface area contributed by atoms with Gasteiger partial charge in [0.1, 0.15) is 0 Å². The smallest absolute Gasteiger partial charge is 0.224 e. The average Bonchev–Trinajstić information content (AvgIpc) is 2.78. The first-order valence-corrected chi connectivity index (χ1v) is 11.9. The number of rotatable bonds is 6. The Kier molecular flexibility index (Phi) is 7.12. The van der Waals surface area contributed by atoms with Crippen molar-refractivity contribution in [3.05, 3.63) is 69.7 Å². The van der Waals surface area contributed by atoms with E-state index in [-0.39, 0.29) is 17.9 Å². The van der Waals surface area contributed by atoms with E-state index in [9.17, 15) is 4.79 Å². The lowest BCUT2D eigenvalue weighted by atomic mass is 9.88. The number of benzene rings is 2.